The average Bonchev–Trinajstić information content (AvgIpc) is 2.64. The van der Waals surface area contributed by atoms with Crippen LogP contribution in [0.15, 0.2) is 53.3 Å². The normalized spacial score (nSPS) is 12.0. The van der Waals surface area contributed by atoms with Crippen LogP contribution in [-0.4, -0.2) is 29.9 Å². The number of benzene rings is 2. The predicted octanol–water partition coefficient (Wildman–Crippen LogP) is 2.91. The Morgan fingerprint density at radius 3 is 2.77 bits per heavy atom. The molecule has 0 aliphatic rings. The highest BCUT2D eigenvalue weighted by atomic mass is 16.5. The van der Waals surface area contributed by atoms with Crippen molar-refractivity contribution in [3.8, 4) is 11.5 Å². The van der Waals surface area contributed by atoms with E-state index in [1.54, 1.807) is 32.2 Å². The zero-order valence-electron chi connectivity index (χ0n) is 14.8. The number of fused-ring (bicyclic) bond motifs is 1. The lowest BCUT2D eigenvalue weighted by molar-refractivity contribution is 0.123. The summed E-state index contributed by atoms with van der Waals surface area (Å²) in [5.74, 6) is 1.42. The SMILES string of the molecule is COc1cccc(CNc2cc3cc(OC[C@@H](C)O)ccc3[nH]c2=O)c1. The lowest BCUT2D eigenvalue weighted by Crippen LogP contribution is -2.14. The predicted molar refractivity (Wildman–Crippen MR) is 102 cm³/mol. The van der Waals surface area contributed by atoms with Gasteiger partial charge in [0, 0.05) is 17.4 Å². The summed E-state index contributed by atoms with van der Waals surface area (Å²) in [7, 11) is 1.62. The first kappa shape index (κ1) is 17.8. The monoisotopic (exact) mass is 354 g/mol. The van der Waals surface area contributed by atoms with E-state index in [9.17, 15) is 9.90 Å². The number of hydrogen-bond acceptors (Lipinski definition) is 5. The zero-order valence-corrected chi connectivity index (χ0v) is 14.8. The molecule has 0 unspecified atom stereocenters. The van der Waals surface area contributed by atoms with Crippen molar-refractivity contribution in [3.63, 3.8) is 0 Å². The molecule has 6 heteroatoms. The minimum absolute atomic E-state index is 0.182. The number of pyridine rings is 1. The largest absolute Gasteiger partial charge is 0.497 e. The fraction of sp³-hybridized carbons (Fsp3) is 0.250. The summed E-state index contributed by atoms with van der Waals surface area (Å²) in [5, 5.41) is 13.3. The van der Waals surface area contributed by atoms with Gasteiger partial charge in [0.05, 0.1) is 13.2 Å². The highest BCUT2D eigenvalue weighted by molar-refractivity contribution is 5.83. The summed E-state index contributed by atoms with van der Waals surface area (Å²) >= 11 is 0. The number of aliphatic hydroxyl groups excluding tert-OH is 1. The molecule has 0 saturated heterocycles. The van der Waals surface area contributed by atoms with Crippen molar-refractivity contribution >= 4 is 16.6 Å². The fourth-order valence-electron chi connectivity index (χ4n) is 2.60. The summed E-state index contributed by atoms with van der Waals surface area (Å²) in [5.41, 5.74) is 2.04. The van der Waals surface area contributed by atoms with Gasteiger partial charge in [-0.3, -0.25) is 4.79 Å². The van der Waals surface area contributed by atoms with E-state index in [-0.39, 0.29) is 12.2 Å². The lowest BCUT2D eigenvalue weighted by Gasteiger charge is -2.11. The molecule has 0 amide bonds. The molecule has 3 aromatic rings. The van der Waals surface area contributed by atoms with Gasteiger partial charge < -0.3 is 24.9 Å². The molecule has 0 spiro atoms. The first-order valence-electron chi connectivity index (χ1n) is 8.40. The maximum absolute atomic E-state index is 12.3. The van der Waals surface area contributed by atoms with Crippen LogP contribution in [0.5, 0.6) is 11.5 Å². The number of H-pyrrole nitrogens is 1. The molecule has 136 valence electrons. The van der Waals surface area contributed by atoms with E-state index >= 15 is 0 Å². The Morgan fingerprint density at radius 1 is 1.15 bits per heavy atom. The van der Waals surface area contributed by atoms with Crippen LogP contribution in [0.2, 0.25) is 0 Å². The number of aromatic amines is 1. The Balaban J connectivity index is 1.80. The topological polar surface area (TPSA) is 83.6 Å². The smallest absolute Gasteiger partial charge is 0.271 e. The summed E-state index contributed by atoms with van der Waals surface area (Å²) in [6.45, 7) is 2.39. The van der Waals surface area contributed by atoms with Gasteiger partial charge in [-0.15, -0.1) is 0 Å². The van der Waals surface area contributed by atoms with E-state index in [1.807, 2.05) is 30.3 Å². The molecule has 26 heavy (non-hydrogen) atoms. The first-order valence-corrected chi connectivity index (χ1v) is 8.40. The Morgan fingerprint density at radius 2 is 2.00 bits per heavy atom. The van der Waals surface area contributed by atoms with Crippen molar-refractivity contribution in [2.45, 2.75) is 19.6 Å². The van der Waals surface area contributed by atoms with Crippen molar-refractivity contribution in [3.05, 3.63) is 64.4 Å². The first-order chi connectivity index (χ1) is 12.5. The van der Waals surface area contributed by atoms with Gasteiger partial charge in [-0.2, -0.15) is 0 Å². The number of anilines is 1. The van der Waals surface area contributed by atoms with Crippen LogP contribution in [0.25, 0.3) is 10.9 Å². The number of ether oxygens (including phenoxy) is 2. The molecular formula is C20H22N2O4. The third kappa shape index (κ3) is 4.34. The maximum Gasteiger partial charge on any atom is 0.271 e. The number of aromatic nitrogens is 1. The Hall–Kier alpha value is -2.99. The van der Waals surface area contributed by atoms with Crippen molar-refractivity contribution < 1.29 is 14.6 Å². The molecule has 6 nitrogen and oxygen atoms in total. The van der Waals surface area contributed by atoms with Crippen LogP contribution in [0.4, 0.5) is 5.69 Å². The second-order valence-electron chi connectivity index (χ2n) is 6.13. The second kappa shape index (κ2) is 7.93. The fourth-order valence-corrected chi connectivity index (χ4v) is 2.60. The van der Waals surface area contributed by atoms with Gasteiger partial charge in [0.2, 0.25) is 0 Å². The van der Waals surface area contributed by atoms with Crippen LogP contribution in [-0.2, 0) is 6.54 Å². The number of rotatable bonds is 7. The van der Waals surface area contributed by atoms with Gasteiger partial charge in [-0.25, -0.2) is 0 Å². The molecule has 0 bridgehead atoms. The molecule has 0 saturated carbocycles. The van der Waals surface area contributed by atoms with Crippen molar-refractivity contribution in [1.29, 1.82) is 0 Å². The van der Waals surface area contributed by atoms with Gasteiger partial charge in [-0.1, -0.05) is 12.1 Å². The van der Waals surface area contributed by atoms with E-state index in [2.05, 4.69) is 10.3 Å². The average molecular weight is 354 g/mol. The quantitative estimate of drug-likeness (QED) is 0.608. The highest BCUT2D eigenvalue weighted by Gasteiger charge is 2.06. The van der Waals surface area contributed by atoms with Crippen molar-refractivity contribution in [2.75, 3.05) is 19.0 Å². The summed E-state index contributed by atoms with van der Waals surface area (Å²) < 4.78 is 10.7. The Bertz CT molecular complexity index is 950. The third-order valence-corrected chi connectivity index (χ3v) is 3.92. The molecule has 1 aromatic heterocycles. The van der Waals surface area contributed by atoms with Gasteiger partial charge in [0.15, 0.2) is 0 Å². The minimum Gasteiger partial charge on any atom is -0.497 e. The highest BCUT2D eigenvalue weighted by Crippen LogP contribution is 2.21. The van der Waals surface area contributed by atoms with Crippen LogP contribution < -0.4 is 20.3 Å². The van der Waals surface area contributed by atoms with Crippen LogP contribution in [0.3, 0.4) is 0 Å². The Kier molecular flexibility index (Phi) is 5.43. The summed E-state index contributed by atoms with van der Waals surface area (Å²) in [4.78, 5) is 15.1. The van der Waals surface area contributed by atoms with E-state index in [1.165, 1.54) is 0 Å². The molecular weight excluding hydrogens is 332 g/mol. The molecule has 0 aliphatic heterocycles. The van der Waals surface area contributed by atoms with Crippen LogP contribution >= 0.6 is 0 Å². The van der Waals surface area contributed by atoms with Crippen molar-refractivity contribution in [2.24, 2.45) is 0 Å². The van der Waals surface area contributed by atoms with Crippen LogP contribution in [0, 0.1) is 0 Å². The molecule has 2 aromatic carbocycles. The molecule has 1 heterocycles. The molecule has 0 radical (unpaired) electrons. The van der Waals surface area contributed by atoms with Crippen molar-refractivity contribution in [1.82, 2.24) is 4.98 Å². The number of nitrogens with one attached hydrogen (secondary N) is 2. The number of hydrogen-bond donors (Lipinski definition) is 3. The summed E-state index contributed by atoms with van der Waals surface area (Å²) in [6, 6.07) is 14.9. The van der Waals surface area contributed by atoms with E-state index in [0.717, 1.165) is 22.2 Å². The molecule has 3 rings (SSSR count). The number of aliphatic hydroxyl groups is 1. The zero-order chi connectivity index (χ0) is 18.5. The second-order valence-corrected chi connectivity index (χ2v) is 6.13. The standard InChI is InChI=1S/C20H22N2O4/c1-13(23)12-26-17-6-7-18-15(9-17)10-19(20(24)22-18)21-11-14-4-3-5-16(8-14)25-2/h3-10,13,21,23H,11-12H2,1-2H3,(H,22,24)/t13-/m1/s1. The van der Waals surface area contributed by atoms with Gasteiger partial charge in [0.25, 0.3) is 5.56 Å². The molecule has 0 aliphatic carbocycles. The molecule has 3 N–H and O–H groups in total. The van der Waals surface area contributed by atoms with Crippen LogP contribution in [0.1, 0.15) is 12.5 Å². The summed E-state index contributed by atoms with van der Waals surface area (Å²) in [6.07, 6.45) is -0.540. The molecule has 0 fully saturated rings. The van der Waals surface area contributed by atoms with Gasteiger partial charge >= 0.3 is 0 Å². The van der Waals surface area contributed by atoms with E-state index in [4.69, 9.17) is 9.47 Å². The maximum atomic E-state index is 12.3. The minimum atomic E-state index is -0.540. The Labute approximate surface area is 151 Å². The lowest BCUT2D eigenvalue weighted by atomic mass is 10.2. The van der Waals surface area contributed by atoms with Gasteiger partial charge in [-0.05, 0) is 48.9 Å². The van der Waals surface area contributed by atoms with E-state index < -0.39 is 6.10 Å². The van der Waals surface area contributed by atoms with E-state index in [0.29, 0.717) is 18.0 Å². The molecule has 1 atom stereocenters. The third-order valence-electron chi connectivity index (χ3n) is 3.92. The van der Waals surface area contributed by atoms with Gasteiger partial charge in [0.1, 0.15) is 23.8 Å². The number of methoxy groups -OCH3 is 1.